The summed E-state index contributed by atoms with van der Waals surface area (Å²) >= 11 is 0. The predicted molar refractivity (Wildman–Crippen MR) is 91.6 cm³/mol. The molecule has 10 nitrogen and oxygen atoms in total. The van der Waals surface area contributed by atoms with E-state index in [1.165, 1.54) is 0 Å². The first-order valence-corrected chi connectivity index (χ1v) is 7.91. The maximum atomic E-state index is 12.5. The highest BCUT2D eigenvalue weighted by Gasteiger charge is 2.12. The highest BCUT2D eigenvalue weighted by molar-refractivity contribution is 6.03. The first-order chi connectivity index (χ1) is 12.6. The lowest BCUT2D eigenvalue weighted by Crippen LogP contribution is -2.14. The first-order valence-electron chi connectivity index (χ1n) is 7.91. The molecule has 0 aliphatic rings. The fraction of sp³-hybridized carbons (Fsp3) is 0.188. The smallest absolute Gasteiger partial charge is 0.258 e. The van der Waals surface area contributed by atoms with Crippen molar-refractivity contribution in [1.29, 1.82) is 0 Å². The van der Waals surface area contributed by atoms with E-state index in [-0.39, 0.29) is 5.91 Å². The number of hydrogen-bond acceptors (Lipinski definition) is 7. The van der Waals surface area contributed by atoms with Crippen molar-refractivity contribution >= 4 is 17.6 Å². The molecule has 0 atom stereocenters. The topological polar surface area (TPSA) is 116 Å². The van der Waals surface area contributed by atoms with Crippen LogP contribution in [0, 0.1) is 13.8 Å². The molecule has 10 heteroatoms. The van der Waals surface area contributed by atoms with E-state index in [9.17, 15) is 4.79 Å². The van der Waals surface area contributed by atoms with Gasteiger partial charge in [0.25, 0.3) is 11.7 Å². The van der Waals surface area contributed by atoms with Gasteiger partial charge in [0.05, 0.1) is 6.54 Å². The molecule has 0 bridgehead atoms. The number of tetrazole rings is 1. The maximum absolute atomic E-state index is 12.5. The average molecular weight is 349 g/mol. The van der Waals surface area contributed by atoms with E-state index in [2.05, 4.69) is 36.0 Å². The van der Waals surface area contributed by atoms with Gasteiger partial charge in [-0.05, 0) is 48.0 Å². The Labute approximate surface area is 147 Å². The molecule has 26 heavy (non-hydrogen) atoms. The van der Waals surface area contributed by atoms with Crippen molar-refractivity contribution in [3.05, 3.63) is 59.2 Å². The molecule has 0 spiro atoms. The zero-order chi connectivity index (χ0) is 18.1. The van der Waals surface area contributed by atoms with Crippen LogP contribution in [0.1, 0.15) is 27.4 Å². The molecule has 0 aliphatic heterocycles. The Hall–Kier alpha value is -3.69. The summed E-state index contributed by atoms with van der Waals surface area (Å²) in [5.41, 5.74) is 2.33. The van der Waals surface area contributed by atoms with Gasteiger partial charge in [0.15, 0.2) is 0 Å². The van der Waals surface area contributed by atoms with Gasteiger partial charge in [-0.3, -0.25) is 14.5 Å². The molecule has 1 amide bonds. The van der Waals surface area contributed by atoms with Crippen LogP contribution < -0.4 is 5.32 Å². The summed E-state index contributed by atoms with van der Waals surface area (Å²) in [5.74, 6) is 1.22. The number of aromatic nitrogens is 8. The molecule has 4 rings (SSSR count). The Balaban J connectivity index is 1.50. The second-order valence-corrected chi connectivity index (χ2v) is 5.80. The second-order valence-electron chi connectivity index (χ2n) is 5.80. The number of rotatable bonds is 4. The van der Waals surface area contributed by atoms with Crippen molar-refractivity contribution in [2.45, 2.75) is 20.4 Å². The maximum Gasteiger partial charge on any atom is 0.258 e. The summed E-state index contributed by atoms with van der Waals surface area (Å²) < 4.78 is 3.31. The lowest BCUT2D eigenvalue weighted by atomic mass is 10.1. The number of amides is 1. The van der Waals surface area contributed by atoms with Gasteiger partial charge >= 0.3 is 0 Å². The van der Waals surface area contributed by atoms with Crippen molar-refractivity contribution < 1.29 is 4.79 Å². The van der Waals surface area contributed by atoms with Crippen LogP contribution in [0.5, 0.6) is 0 Å². The summed E-state index contributed by atoms with van der Waals surface area (Å²) in [7, 11) is 0. The molecule has 0 radical (unpaired) electrons. The number of carbonyl (C=O) groups excluding carboxylic acids is 1. The quantitative estimate of drug-likeness (QED) is 0.585. The minimum absolute atomic E-state index is 0.273. The van der Waals surface area contributed by atoms with E-state index >= 15 is 0 Å². The number of fused-ring (bicyclic) bond motifs is 1. The third-order valence-corrected chi connectivity index (χ3v) is 3.90. The van der Waals surface area contributed by atoms with Gasteiger partial charge < -0.3 is 0 Å². The fourth-order valence-electron chi connectivity index (χ4n) is 2.46. The highest BCUT2D eigenvalue weighted by atomic mass is 16.1. The molecular formula is C16H15N9O. The normalized spacial score (nSPS) is 11.0. The Bertz CT molecular complexity index is 1080. The number of benzene rings is 1. The second kappa shape index (κ2) is 6.31. The van der Waals surface area contributed by atoms with Crippen LogP contribution >= 0.6 is 0 Å². The molecule has 0 fully saturated rings. The lowest BCUT2D eigenvalue weighted by molar-refractivity contribution is 0.102. The zero-order valence-electron chi connectivity index (χ0n) is 14.2. The standard InChI is InChI=1S/C16H15N9O/c1-10-7-8-24-15(17-10)20-21-16(24)18-14(26)13-5-3-12(4-6-13)9-25-11(2)19-22-23-25/h3-8H,9H2,1-2H3,(H,18,21,26). The number of nitrogens with zero attached hydrogens (tertiary/aromatic N) is 8. The van der Waals surface area contributed by atoms with Crippen molar-refractivity contribution in [1.82, 2.24) is 39.8 Å². The number of nitrogens with one attached hydrogen (secondary N) is 1. The Morgan fingerprint density at radius 1 is 1.08 bits per heavy atom. The van der Waals surface area contributed by atoms with Crippen molar-refractivity contribution in [2.24, 2.45) is 0 Å². The van der Waals surface area contributed by atoms with Gasteiger partial charge in [0.2, 0.25) is 5.95 Å². The van der Waals surface area contributed by atoms with Gasteiger partial charge in [-0.15, -0.1) is 15.3 Å². The molecule has 4 aromatic rings. The lowest BCUT2D eigenvalue weighted by Gasteiger charge is -2.06. The van der Waals surface area contributed by atoms with Gasteiger partial charge in [0, 0.05) is 17.5 Å². The molecule has 0 unspecified atom stereocenters. The van der Waals surface area contributed by atoms with Crippen LogP contribution in [0.4, 0.5) is 5.95 Å². The van der Waals surface area contributed by atoms with Gasteiger partial charge in [-0.2, -0.15) is 0 Å². The molecular weight excluding hydrogens is 334 g/mol. The molecule has 3 heterocycles. The number of aryl methyl sites for hydroxylation is 2. The highest BCUT2D eigenvalue weighted by Crippen LogP contribution is 2.11. The molecule has 1 N–H and O–H groups in total. The molecule has 0 saturated heterocycles. The first kappa shape index (κ1) is 15.8. The van der Waals surface area contributed by atoms with Crippen LogP contribution in [0.25, 0.3) is 5.78 Å². The van der Waals surface area contributed by atoms with E-state index in [4.69, 9.17) is 0 Å². The Morgan fingerprint density at radius 3 is 2.62 bits per heavy atom. The SMILES string of the molecule is Cc1ccn2c(NC(=O)c3ccc(Cn4nnnc4C)cc3)nnc2n1. The minimum atomic E-state index is -0.273. The summed E-state index contributed by atoms with van der Waals surface area (Å²) in [4.78, 5) is 16.7. The molecule has 3 aromatic heterocycles. The summed E-state index contributed by atoms with van der Waals surface area (Å²) in [5, 5.41) is 22.0. The number of hydrogen-bond donors (Lipinski definition) is 1. The third kappa shape index (κ3) is 2.99. The van der Waals surface area contributed by atoms with E-state index in [1.807, 2.05) is 32.0 Å². The predicted octanol–water partition coefficient (Wildman–Crippen LogP) is 1.03. The van der Waals surface area contributed by atoms with Gasteiger partial charge in [-0.1, -0.05) is 12.1 Å². The Morgan fingerprint density at radius 2 is 1.88 bits per heavy atom. The van der Waals surface area contributed by atoms with Crippen molar-refractivity contribution in [3.8, 4) is 0 Å². The summed E-state index contributed by atoms with van der Waals surface area (Å²) in [6, 6.07) is 9.04. The van der Waals surface area contributed by atoms with Gasteiger partial charge in [0.1, 0.15) is 5.82 Å². The van der Waals surface area contributed by atoms with E-state index in [1.54, 1.807) is 27.4 Å². The van der Waals surface area contributed by atoms with Gasteiger partial charge in [-0.25, -0.2) is 9.67 Å². The molecule has 0 saturated carbocycles. The van der Waals surface area contributed by atoms with Crippen LogP contribution in [-0.4, -0.2) is 45.7 Å². The Kier molecular flexibility index (Phi) is 3.84. The molecule has 0 aliphatic carbocycles. The van der Waals surface area contributed by atoms with Crippen LogP contribution in [-0.2, 0) is 6.54 Å². The summed E-state index contributed by atoms with van der Waals surface area (Å²) in [6.07, 6.45) is 1.77. The van der Waals surface area contributed by atoms with Crippen LogP contribution in [0.3, 0.4) is 0 Å². The molecule has 130 valence electrons. The molecule has 1 aromatic carbocycles. The van der Waals surface area contributed by atoms with E-state index in [0.717, 1.165) is 17.1 Å². The largest absolute Gasteiger partial charge is 0.290 e. The zero-order valence-corrected chi connectivity index (χ0v) is 14.2. The van der Waals surface area contributed by atoms with Crippen LogP contribution in [0.2, 0.25) is 0 Å². The van der Waals surface area contributed by atoms with E-state index in [0.29, 0.717) is 23.8 Å². The van der Waals surface area contributed by atoms with E-state index < -0.39 is 0 Å². The summed E-state index contributed by atoms with van der Waals surface area (Å²) in [6.45, 7) is 4.24. The number of carbonyl (C=O) groups is 1. The number of anilines is 1. The van der Waals surface area contributed by atoms with Crippen molar-refractivity contribution in [2.75, 3.05) is 5.32 Å². The van der Waals surface area contributed by atoms with Crippen LogP contribution in [0.15, 0.2) is 36.5 Å². The minimum Gasteiger partial charge on any atom is -0.290 e. The fourth-order valence-corrected chi connectivity index (χ4v) is 2.46. The third-order valence-electron chi connectivity index (χ3n) is 3.90. The monoisotopic (exact) mass is 349 g/mol. The average Bonchev–Trinajstić information content (AvgIpc) is 3.22. The van der Waals surface area contributed by atoms with Crippen molar-refractivity contribution in [3.63, 3.8) is 0 Å².